The molecule has 8 nitrogen and oxygen atoms in total. The van der Waals surface area contributed by atoms with Crippen molar-refractivity contribution in [3.05, 3.63) is 70.2 Å². The number of rotatable bonds is 7. The summed E-state index contributed by atoms with van der Waals surface area (Å²) in [5.41, 5.74) is 7.48. The van der Waals surface area contributed by atoms with Crippen molar-refractivity contribution in [2.45, 2.75) is 26.7 Å². The van der Waals surface area contributed by atoms with Gasteiger partial charge in [0.25, 0.3) is 5.91 Å². The van der Waals surface area contributed by atoms with Gasteiger partial charge in [0, 0.05) is 18.5 Å². The maximum Gasteiger partial charge on any atom is 0.264 e. The summed E-state index contributed by atoms with van der Waals surface area (Å²) in [6, 6.07) is 17.2. The molecule has 35 heavy (non-hydrogen) atoms. The van der Waals surface area contributed by atoms with E-state index < -0.39 is 11.8 Å². The number of ether oxygens (including phenoxy) is 1. The number of halogens is 1. The molecule has 3 aromatic rings. The third-order valence-electron chi connectivity index (χ3n) is 5.00. The molecule has 10 heteroatoms. The van der Waals surface area contributed by atoms with Crippen LogP contribution in [0.25, 0.3) is 10.8 Å². The van der Waals surface area contributed by atoms with Crippen LogP contribution in [0.3, 0.4) is 0 Å². The second-order valence-electron chi connectivity index (χ2n) is 7.80. The van der Waals surface area contributed by atoms with Crippen molar-refractivity contribution in [3.63, 3.8) is 0 Å². The fourth-order valence-corrected chi connectivity index (χ4v) is 3.93. The molecule has 0 saturated heterocycles. The Labute approximate surface area is 216 Å². The van der Waals surface area contributed by atoms with Crippen molar-refractivity contribution in [2.75, 3.05) is 11.9 Å². The Morgan fingerprint density at radius 2 is 1.66 bits per heavy atom. The van der Waals surface area contributed by atoms with E-state index in [4.69, 9.17) is 17.0 Å². The average Bonchev–Trinajstić information content (AvgIpc) is 2.83. The minimum absolute atomic E-state index is 0.00546. The van der Waals surface area contributed by atoms with Crippen molar-refractivity contribution in [3.8, 4) is 5.75 Å². The quantitative estimate of drug-likeness (QED) is 0.258. The molecule has 0 saturated carbocycles. The molecular weight excluding hydrogens is 532 g/mol. The van der Waals surface area contributed by atoms with Gasteiger partial charge >= 0.3 is 0 Å². The highest BCUT2D eigenvalue weighted by atomic mass is 79.9. The van der Waals surface area contributed by atoms with E-state index in [-0.39, 0.29) is 30.5 Å². The highest BCUT2D eigenvalue weighted by molar-refractivity contribution is 9.10. The number of amides is 3. The topological polar surface area (TPSA) is 109 Å². The summed E-state index contributed by atoms with van der Waals surface area (Å²) in [5, 5.41) is 7.13. The lowest BCUT2D eigenvalue weighted by atomic mass is 10.1. The minimum Gasteiger partial charge on any atom is -0.483 e. The maximum absolute atomic E-state index is 12.1. The zero-order valence-electron chi connectivity index (χ0n) is 19.2. The van der Waals surface area contributed by atoms with E-state index in [0.29, 0.717) is 5.75 Å². The van der Waals surface area contributed by atoms with E-state index in [1.165, 1.54) is 0 Å². The van der Waals surface area contributed by atoms with E-state index in [1.807, 2.05) is 62.4 Å². The Morgan fingerprint density at radius 1 is 0.914 bits per heavy atom. The van der Waals surface area contributed by atoms with E-state index in [2.05, 4.69) is 37.4 Å². The molecule has 3 aromatic carbocycles. The Kier molecular flexibility index (Phi) is 9.16. The van der Waals surface area contributed by atoms with Crippen molar-refractivity contribution in [1.82, 2.24) is 16.2 Å². The standard InChI is InChI=1S/C25H25BrN4O4S/c1-15-7-8-16(2)19(13-15)27-21(31)11-12-22(32)29-30-25(35)28-23(33)14-34-20-10-9-17-5-3-4-6-18(17)24(20)26/h3-10,13H,11-12,14H2,1-2H3,(H,27,31)(H,29,32)(H2,28,30,33,35). The van der Waals surface area contributed by atoms with Crippen LogP contribution in [0, 0.1) is 13.8 Å². The van der Waals surface area contributed by atoms with Gasteiger partial charge in [-0.05, 0) is 76.0 Å². The van der Waals surface area contributed by atoms with Crippen LogP contribution in [0.5, 0.6) is 5.75 Å². The first-order valence-electron chi connectivity index (χ1n) is 10.8. The number of hydrazine groups is 1. The number of anilines is 1. The zero-order chi connectivity index (χ0) is 25.4. The van der Waals surface area contributed by atoms with E-state index >= 15 is 0 Å². The molecule has 4 N–H and O–H groups in total. The van der Waals surface area contributed by atoms with Crippen molar-refractivity contribution >= 4 is 67.4 Å². The Hall–Kier alpha value is -3.50. The molecular formula is C25H25BrN4O4S. The van der Waals surface area contributed by atoms with Gasteiger partial charge in [-0.15, -0.1) is 0 Å². The van der Waals surface area contributed by atoms with Gasteiger partial charge in [0.2, 0.25) is 11.8 Å². The normalized spacial score (nSPS) is 10.4. The zero-order valence-corrected chi connectivity index (χ0v) is 21.6. The van der Waals surface area contributed by atoms with Gasteiger partial charge in [0.15, 0.2) is 11.7 Å². The third-order valence-corrected chi connectivity index (χ3v) is 6.02. The van der Waals surface area contributed by atoms with Gasteiger partial charge < -0.3 is 10.1 Å². The van der Waals surface area contributed by atoms with Crippen LogP contribution in [-0.2, 0) is 14.4 Å². The minimum atomic E-state index is -0.496. The Bertz CT molecular complexity index is 1280. The predicted molar refractivity (Wildman–Crippen MR) is 143 cm³/mol. The molecule has 0 fully saturated rings. The molecule has 0 spiro atoms. The Morgan fingerprint density at radius 3 is 2.46 bits per heavy atom. The fourth-order valence-electron chi connectivity index (χ4n) is 3.16. The van der Waals surface area contributed by atoms with E-state index in [0.717, 1.165) is 32.1 Å². The van der Waals surface area contributed by atoms with E-state index in [9.17, 15) is 14.4 Å². The molecule has 0 aliphatic heterocycles. The number of nitrogens with one attached hydrogen (secondary N) is 4. The van der Waals surface area contributed by atoms with Crippen LogP contribution in [0.4, 0.5) is 5.69 Å². The van der Waals surface area contributed by atoms with Gasteiger partial charge in [-0.3, -0.25) is 30.6 Å². The lowest BCUT2D eigenvalue weighted by molar-refractivity contribution is -0.125. The number of carbonyl (C=O) groups excluding carboxylic acids is 3. The van der Waals surface area contributed by atoms with Crippen LogP contribution in [-0.4, -0.2) is 29.4 Å². The number of fused-ring (bicyclic) bond motifs is 1. The monoisotopic (exact) mass is 556 g/mol. The van der Waals surface area contributed by atoms with Gasteiger partial charge in [0.1, 0.15) is 5.75 Å². The van der Waals surface area contributed by atoms with Gasteiger partial charge in [-0.1, -0.05) is 42.5 Å². The molecule has 182 valence electrons. The van der Waals surface area contributed by atoms with Crippen LogP contribution in [0.1, 0.15) is 24.0 Å². The highest BCUT2D eigenvalue weighted by Gasteiger charge is 2.12. The van der Waals surface area contributed by atoms with Gasteiger partial charge in [-0.25, -0.2) is 0 Å². The molecule has 3 rings (SSSR count). The summed E-state index contributed by atoms with van der Waals surface area (Å²) in [7, 11) is 0. The summed E-state index contributed by atoms with van der Waals surface area (Å²) < 4.78 is 6.33. The number of carbonyl (C=O) groups is 3. The lowest BCUT2D eigenvalue weighted by Gasteiger charge is -2.13. The highest BCUT2D eigenvalue weighted by Crippen LogP contribution is 2.32. The predicted octanol–water partition coefficient (Wildman–Crippen LogP) is 4.04. The van der Waals surface area contributed by atoms with Crippen molar-refractivity contribution < 1.29 is 19.1 Å². The largest absolute Gasteiger partial charge is 0.483 e. The first-order valence-corrected chi connectivity index (χ1v) is 12.0. The molecule has 0 radical (unpaired) electrons. The number of aryl methyl sites for hydroxylation is 2. The smallest absolute Gasteiger partial charge is 0.264 e. The molecule has 0 aliphatic carbocycles. The molecule has 0 aromatic heterocycles. The molecule has 0 bridgehead atoms. The molecule has 0 heterocycles. The third kappa shape index (κ3) is 7.76. The summed E-state index contributed by atoms with van der Waals surface area (Å²) in [6.07, 6.45) is -0.0617. The summed E-state index contributed by atoms with van der Waals surface area (Å²) in [4.78, 5) is 36.3. The van der Waals surface area contributed by atoms with Crippen LogP contribution in [0.15, 0.2) is 59.1 Å². The molecule has 0 atom stereocenters. The summed E-state index contributed by atoms with van der Waals surface area (Å²) in [5.74, 6) is -0.703. The van der Waals surface area contributed by atoms with Crippen LogP contribution >= 0.6 is 28.1 Å². The Balaban J connectivity index is 1.36. The summed E-state index contributed by atoms with van der Waals surface area (Å²) >= 11 is 8.52. The van der Waals surface area contributed by atoms with Crippen LogP contribution in [0.2, 0.25) is 0 Å². The number of hydrogen-bond acceptors (Lipinski definition) is 5. The van der Waals surface area contributed by atoms with Crippen LogP contribution < -0.4 is 26.2 Å². The number of benzene rings is 3. The molecule has 3 amide bonds. The van der Waals surface area contributed by atoms with E-state index in [1.54, 1.807) is 6.07 Å². The van der Waals surface area contributed by atoms with Crippen molar-refractivity contribution in [1.29, 1.82) is 0 Å². The maximum atomic E-state index is 12.1. The molecule has 0 aliphatic rings. The second kappa shape index (κ2) is 12.3. The van der Waals surface area contributed by atoms with Crippen molar-refractivity contribution in [2.24, 2.45) is 0 Å². The second-order valence-corrected chi connectivity index (χ2v) is 9.01. The SMILES string of the molecule is Cc1ccc(C)c(NC(=O)CCC(=O)NNC(=S)NC(=O)COc2ccc3ccccc3c2Br)c1. The number of hydrogen-bond donors (Lipinski definition) is 4. The lowest BCUT2D eigenvalue weighted by Crippen LogP contribution is -2.49. The van der Waals surface area contributed by atoms with Gasteiger partial charge in [0.05, 0.1) is 4.47 Å². The van der Waals surface area contributed by atoms with Gasteiger partial charge in [-0.2, -0.15) is 0 Å². The average molecular weight is 557 g/mol. The first kappa shape index (κ1) is 26.1. The summed E-state index contributed by atoms with van der Waals surface area (Å²) in [6.45, 7) is 3.56. The molecule has 0 unspecified atom stereocenters. The fraction of sp³-hybridized carbons (Fsp3) is 0.200. The number of thiocarbonyl (C=S) groups is 1. The first-order chi connectivity index (χ1) is 16.7.